The molecule has 0 bridgehead atoms. The number of piperidine rings is 1. The van der Waals surface area contributed by atoms with Gasteiger partial charge in [-0.25, -0.2) is 4.98 Å². The Morgan fingerprint density at radius 2 is 1.89 bits per heavy atom. The van der Waals surface area contributed by atoms with Crippen molar-refractivity contribution in [3.63, 3.8) is 0 Å². The number of anilines is 1. The lowest BCUT2D eigenvalue weighted by Gasteiger charge is -2.42. The molecule has 0 saturated carbocycles. The lowest BCUT2D eigenvalue weighted by atomic mass is 9.71. The van der Waals surface area contributed by atoms with Crippen LogP contribution in [0.2, 0.25) is 0 Å². The average Bonchev–Trinajstić information content (AvgIpc) is 3.25. The number of hydrogen-bond acceptors (Lipinski definition) is 5. The monoisotopic (exact) mass is 494 g/mol. The van der Waals surface area contributed by atoms with E-state index in [0.717, 1.165) is 17.0 Å². The fraction of sp³-hybridized carbons (Fsp3) is 0.370. The van der Waals surface area contributed by atoms with Crippen LogP contribution in [0.15, 0.2) is 54.6 Å². The van der Waals surface area contributed by atoms with Gasteiger partial charge in [-0.05, 0) is 48.6 Å². The lowest BCUT2D eigenvalue weighted by molar-refractivity contribution is -0.137. The molecule has 1 unspecified atom stereocenters. The Morgan fingerprint density at radius 3 is 2.58 bits per heavy atom. The molecule has 1 atom stereocenters. The Bertz CT molecular complexity index is 1340. The minimum atomic E-state index is -4.63. The van der Waals surface area contributed by atoms with Gasteiger partial charge in [0.15, 0.2) is 0 Å². The van der Waals surface area contributed by atoms with Crippen LogP contribution in [-0.4, -0.2) is 53.7 Å². The van der Waals surface area contributed by atoms with E-state index >= 15 is 0 Å². The zero-order valence-electron chi connectivity index (χ0n) is 19.5. The SMILES string of the molecule is N#Cc1ccc(N2CC(CO)C3(CCN(C(=O)c4ccc5ccccc5n4)CC3)C2)cc1C(F)(F)F. The van der Waals surface area contributed by atoms with E-state index in [1.165, 1.54) is 12.1 Å². The Balaban J connectivity index is 1.32. The van der Waals surface area contributed by atoms with Crippen molar-refractivity contribution in [1.82, 2.24) is 9.88 Å². The summed E-state index contributed by atoms with van der Waals surface area (Å²) >= 11 is 0. The van der Waals surface area contributed by atoms with Crippen LogP contribution >= 0.6 is 0 Å². The molecule has 1 amide bonds. The molecule has 2 saturated heterocycles. The van der Waals surface area contributed by atoms with Gasteiger partial charge in [-0.1, -0.05) is 24.3 Å². The summed E-state index contributed by atoms with van der Waals surface area (Å²) in [5.74, 6) is -0.272. The summed E-state index contributed by atoms with van der Waals surface area (Å²) in [6.07, 6.45) is -3.36. The number of hydrogen-bond donors (Lipinski definition) is 1. The van der Waals surface area contributed by atoms with E-state index in [1.807, 2.05) is 35.2 Å². The maximum Gasteiger partial charge on any atom is 0.417 e. The second kappa shape index (κ2) is 9.10. The van der Waals surface area contributed by atoms with Crippen molar-refractivity contribution in [2.75, 3.05) is 37.7 Å². The Kier molecular flexibility index (Phi) is 6.08. The number of benzene rings is 2. The van der Waals surface area contributed by atoms with Crippen molar-refractivity contribution in [3.8, 4) is 6.07 Å². The molecule has 2 aliphatic rings. The van der Waals surface area contributed by atoms with E-state index < -0.39 is 17.3 Å². The molecule has 9 heteroatoms. The van der Waals surface area contributed by atoms with Gasteiger partial charge in [-0.2, -0.15) is 18.4 Å². The van der Waals surface area contributed by atoms with Crippen LogP contribution in [0.25, 0.3) is 10.9 Å². The van der Waals surface area contributed by atoms with Gasteiger partial charge in [0.05, 0.1) is 22.7 Å². The van der Waals surface area contributed by atoms with E-state index in [4.69, 9.17) is 5.26 Å². The zero-order valence-corrected chi connectivity index (χ0v) is 19.5. The molecule has 1 spiro atoms. The van der Waals surface area contributed by atoms with Crippen LogP contribution in [0.3, 0.4) is 0 Å². The Labute approximate surface area is 206 Å². The van der Waals surface area contributed by atoms with Crippen LogP contribution < -0.4 is 4.90 Å². The first-order chi connectivity index (χ1) is 17.2. The number of aromatic nitrogens is 1. The molecule has 1 aromatic heterocycles. The summed E-state index contributed by atoms with van der Waals surface area (Å²) in [5, 5.41) is 20.2. The van der Waals surface area contributed by atoms with E-state index in [9.17, 15) is 23.1 Å². The normalized spacial score (nSPS) is 19.6. The third-order valence-corrected chi connectivity index (χ3v) is 7.69. The highest BCUT2D eigenvalue weighted by Gasteiger charge is 2.48. The van der Waals surface area contributed by atoms with E-state index in [1.54, 1.807) is 17.0 Å². The zero-order chi connectivity index (χ0) is 25.5. The summed E-state index contributed by atoms with van der Waals surface area (Å²) in [5.41, 5.74) is -0.150. The van der Waals surface area contributed by atoms with E-state index in [0.29, 0.717) is 50.4 Å². The summed E-state index contributed by atoms with van der Waals surface area (Å²) in [6, 6.07) is 16.6. The number of alkyl halides is 3. The maximum atomic E-state index is 13.5. The lowest BCUT2D eigenvalue weighted by Crippen LogP contribution is -2.47. The molecule has 3 heterocycles. The largest absolute Gasteiger partial charge is 0.417 e. The number of rotatable bonds is 3. The van der Waals surface area contributed by atoms with Crippen LogP contribution in [-0.2, 0) is 6.18 Å². The number of carbonyl (C=O) groups excluding carboxylic acids is 1. The molecule has 2 aliphatic heterocycles. The van der Waals surface area contributed by atoms with Crippen molar-refractivity contribution in [2.45, 2.75) is 19.0 Å². The number of carbonyl (C=O) groups is 1. The third kappa shape index (κ3) is 4.26. The predicted molar refractivity (Wildman–Crippen MR) is 128 cm³/mol. The Hall–Kier alpha value is -3.64. The number of para-hydroxylation sites is 1. The van der Waals surface area contributed by atoms with Gasteiger partial charge in [0.25, 0.3) is 5.91 Å². The molecular formula is C27H25F3N4O2. The molecule has 3 aromatic rings. The van der Waals surface area contributed by atoms with Gasteiger partial charge >= 0.3 is 6.18 Å². The van der Waals surface area contributed by atoms with Crippen molar-refractivity contribution < 1.29 is 23.1 Å². The van der Waals surface area contributed by atoms with Gasteiger partial charge in [-0.15, -0.1) is 0 Å². The number of nitrogens with zero attached hydrogens (tertiary/aromatic N) is 4. The second-order valence-electron chi connectivity index (χ2n) is 9.64. The summed E-state index contributed by atoms with van der Waals surface area (Å²) < 4.78 is 40.5. The molecule has 0 radical (unpaired) electrons. The standard InChI is InChI=1S/C27H25F3N4O2/c28-27(29,30)22-13-21(7-5-19(22)14-31)34-15-20(16-35)26(17-34)9-11-33(12-10-26)25(36)24-8-6-18-3-1-2-4-23(18)32-24/h1-8,13,20,35H,9-12,15-17H2. The number of nitriles is 1. The first kappa shape index (κ1) is 24.1. The summed E-state index contributed by atoms with van der Waals surface area (Å²) in [7, 11) is 0. The minimum absolute atomic E-state index is 0.0842. The van der Waals surface area contributed by atoms with E-state index in [2.05, 4.69) is 4.98 Å². The molecule has 6 nitrogen and oxygen atoms in total. The summed E-state index contributed by atoms with van der Waals surface area (Å²) in [4.78, 5) is 21.3. The summed E-state index contributed by atoms with van der Waals surface area (Å²) in [6.45, 7) is 1.79. The molecular weight excluding hydrogens is 469 g/mol. The molecule has 186 valence electrons. The highest BCUT2D eigenvalue weighted by atomic mass is 19.4. The number of aliphatic hydroxyl groups excluding tert-OH is 1. The number of fused-ring (bicyclic) bond motifs is 1. The van der Waals surface area contributed by atoms with Gasteiger partial charge in [-0.3, -0.25) is 4.79 Å². The smallest absolute Gasteiger partial charge is 0.396 e. The fourth-order valence-corrected chi connectivity index (χ4v) is 5.61. The Morgan fingerprint density at radius 1 is 1.14 bits per heavy atom. The van der Waals surface area contributed by atoms with Crippen molar-refractivity contribution in [1.29, 1.82) is 5.26 Å². The van der Waals surface area contributed by atoms with Gasteiger partial charge in [0.2, 0.25) is 0 Å². The second-order valence-corrected chi connectivity index (χ2v) is 9.64. The molecule has 2 aromatic carbocycles. The van der Waals surface area contributed by atoms with Crippen molar-refractivity contribution >= 4 is 22.5 Å². The predicted octanol–water partition coefficient (Wildman–Crippen LogP) is 4.48. The van der Waals surface area contributed by atoms with Crippen molar-refractivity contribution in [3.05, 3.63) is 71.4 Å². The number of amides is 1. The number of pyridine rings is 1. The quantitative estimate of drug-likeness (QED) is 0.581. The molecule has 0 aliphatic carbocycles. The maximum absolute atomic E-state index is 13.5. The van der Waals surface area contributed by atoms with Gasteiger partial charge in [0, 0.05) is 49.8 Å². The first-order valence-electron chi connectivity index (χ1n) is 11.9. The highest BCUT2D eigenvalue weighted by molar-refractivity contribution is 5.95. The van der Waals surface area contributed by atoms with Crippen LogP contribution in [0.5, 0.6) is 0 Å². The third-order valence-electron chi connectivity index (χ3n) is 7.69. The van der Waals surface area contributed by atoms with Gasteiger partial charge in [0.1, 0.15) is 5.69 Å². The van der Waals surface area contributed by atoms with Crippen LogP contribution in [0.4, 0.5) is 18.9 Å². The molecule has 5 rings (SSSR count). The minimum Gasteiger partial charge on any atom is -0.396 e. The molecule has 36 heavy (non-hydrogen) atoms. The van der Waals surface area contributed by atoms with E-state index in [-0.39, 0.29) is 23.8 Å². The fourth-order valence-electron chi connectivity index (χ4n) is 5.61. The topological polar surface area (TPSA) is 80.5 Å². The average molecular weight is 495 g/mol. The van der Waals surface area contributed by atoms with Gasteiger partial charge < -0.3 is 14.9 Å². The number of halogens is 3. The number of likely N-dealkylation sites (tertiary alicyclic amines) is 1. The molecule has 2 fully saturated rings. The number of aliphatic hydroxyl groups is 1. The molecule has 1 N–H and O–H groups in total. The van der Waals surface area contributed by atoms with Crippen LogP contribution in [0.1, 0.15) is 34.5 Å². The van der Waals surface area contributed by atoms with Crippen molar-refractivity contribution in [2.24, 2.45) is 11.3 Å². The first-order valence-corrected chi connectivity index (χ1v) is 11.9. The highest BCUT2D eigenvalue weighted by Crippen LogP contribution is 2.46. The van der Waals surface area contributed by atoms with Crippen LogP contribution in [0, 0.1) is 22.7 Å².